The Kier molecular flexibility index (Phi) is 5.71. The number of hydrogen-bond donors (Lipinski definition) is 1. The molecule has 2 aromatic rings. The Morgan fingerprint density at radius 1 is 1.32 bits per heavy atom. The summed E-state index contributed by atoms with van der Waals surface area (Å²) in [6, 6.07) is 9.06. The molecule has 130 valence electrons. The molecule has 1 aromatic carbocycles. The fraction of sp³-hybridized carbons (Fsp3) is 0.368. The molecule has 1 atom stereocenters. The second-order valence-corrected chi connectivity index (χ2v) is 6.16. The van der Waals surface area contributed by atoms with Crippen molar-refractivity contribution in [2.45, 2.75) is 33.6 Å². The van der Waals surface area contributed by atoms with Gasteiger partial charge in [-0.3, -0.25) is 14.3 Å². The molecule has 0 bridgehead atoms. The number of rotatable bonds is 6. The van der Waals surface area contributed by atoms with Crippen molar-refractivity contribution in [3.8, 4) is 6.07 Å². The summed E-state index contributed by atoms with van der Waals surface area (Å²) in [4.78, 5) is 24.6. The second kappa shape index (κ2) is 7.75. The van der Waals surface area contributed by atoms with Crippen LogP contribution in [0.3, 0.4) is 0 Å². The molecule has 0 aliphatic rings. The molecule has 25 heavy (non-hydrogen) atoms. The van der Waals surface area contributed by atoms with Crippen LogP contribution in [0, 0.1) is 38.0 Å². The van der Waals surface area contributed by atoms with Gasteiger partial charge in [-0.15, -0.1) is 0 Å². The van der Waals surface area contributed by atoms with Gasteiger partial charge in [0, 0.05) is 24.8 Å². The highest BCUT2D eigenvalue weighted by Crippen LogP contribution is 2.17. The summed E-state index contributed by atoms with van der Waals surface area (Å²) in [6.45, 7) is 5.73. The topological polar surface area (TPSA) is 87.8 Å². The van der Waals surface area contributed by atoms with E-state index in [1.165, 1.54) is 0 Å². The van der Waals surface area contributed by atoms with Crippen LogP contribution in [0.4, 0.5) is 5.69 Å². The zero-order valence-corrected chi connectivity index (χ0v) is 15.0. The number of nitriles is 1. The first-order valence-corrected chi connectivity index (χ1v) is 8.12. The third-order valence-corrected chi connectivity index (χ3v) is 4.28. The molecule has 0 aliphatic heterocycles. The molecule has 0 fully saturated rings. The zero-order chi connectivity index (χ0) is 18.6. The van der Waals surface area contributed by atoms with Crippen LogP contribution >= 0.6 is 0 Å². The summed E-state index contributed by atoms with van der Waals surface area (Å²) in [5.41, 5.74) is 4.41. The third kappa shape index (κ3) is 4.32. The van der Waals surface area contributed by atoms with Crippen LogP contribution in [-0.4, -0.2) is 21.5 Å². The summed E-state index contributed by atoms with van der Waals surface area (Å²) in [5.74, 6) is -2.27. The number of Topliss-reactive ketones (excluding diaryl/α,β-unsaturated/α-hetero) is 1. The number of hydrogen-bond acceptors (Lipinski definition) is 4. The molecule has 0 aliphatic carbocycles. The maximum atomic E-state index is 12.4. The van der Waals surface area contributed by atoms with Crippen molar-refractivity contribution < 1.29 is 9.59 Å². The number of carbonyl (C=O) groups excluding carboxylic acids is 2. The van der Waals surface area contributed by atoms with Crippen LogP contribution in [0.25, 0.3) is 0 Å². The van der Waals surface area contributed by atoms with Gasteiger partial charge in [0.2, 0.25) is 5.91 Å². The molecule has 1 N–H and O–H groups in total. The van der Waals surface area contributed by atoms with Crippen molar-refractivity contribution in [2.75, 3.05) is 5.32 Å². The minimum Gasteiger partial charge on any atom is -0.325 e. The first kappa shape index (κ1) is 18.4. The number of ketones is 1. The van der Waals surface area contributed by atoms with E-state index in [4.69, 9.17) is 0 Å². The van der Waals surface area contributed by atoms with Crippen LogP contribution in [0.2, 0.25) is 0 Å². The summed E-state index contributed by atoms with van der Waals surface area (Å²) < 4.78 is 1.77. The van der Waals surface area contributed by atoms with Gasteiger partial charge in [0.25, 0.3) is 0 Å². The average molecular weight is 338 g/mol. The highest BCUT2D eigenvalue weighted by molar-refractivity contribution is 6.09. The number of carbonyl (C=O) groups is 2. The molecular formula is C19H22N4O2. The van der Waals surface area contributed by atoms with Gasteiger partial charge in [0.05, 0.1) is 11.8 Å². The smallest absolute Gasteiger partial charge is 0.249 e. The van der Waals surface area contributed by atoms with E-state index in [0.717, 1.165) is 22.5 Å². The fourth-order valence-electron chi connectivity index (χ4n) is 2.79. The van der Waals surface area contributed by atoms with Crippen molar-refractivity contribution in [3.63, 3.8) is 0 Å². The van der Waals surface area contributed by atoms with Crippen LogP contribution in [-0.2, 0) is 23.1 Å². The van der Waals surface area contributed by atoms with Gasteiger partial charge >= 0.3 is 0 Å². The van der Waals surface area contributed by atoms with Gasteiger partial charge in [-0.1, -0.05) is 12.1 Å². The largest absolute Gasteiger partial charge is 0.325 e. The molecule has 0 saturated carbocycles. The highest BCUT2D eigenvalue weighted by Gasteiger charge is 2.26. The average Bonchev–Trinajstić information content (AvgIpc) is 2.78. The van der Waals surface area contributed by atoms with Crippen molar-refractivity contribution in [1.82, 2.24) is 9.78 Å². The Labute approximate surface area is 147 Å². The Balaban J connectivity index is 2.03. The van der Waals surface area contributed by atoms with Gasteiger partial charge in [-0.25, -0.2) is 0 Å². The normalized spacial score (nSPS) is 11.6. The van der Waals surface area contributed by atoms with Crippen molar-refractivity contribution in [3.05, 3.63) is 46.8 Å². The van der Waals surface area contributed by atoms with Crippen LogP contribution < -0.4 is 5.32 Å². The number of amides is 1. The van der Waals surface area contributed by atoms with E-state index in [2.05, 4.69) is 10.4 Å². The maximum absolute atomic E-state index is 12.4. The van der Waals surface area contributed by atoms with Gasteiger partial charge in [-0.05, 0) is 50.5 Å². The summed E-state index contributed by atoms with van der Waals surface area (Å²) in [6.07, 6.45) is 0.604. The summed E-state index contributed by atoms with van der Waals surface area (Å²) in [7, 11) is 1.85. The Bertz CT molecular complexity index is 846. The SMILES string of the molecule is Cc1cccc(NC(=O)[C@H](C#N)C(=O)CCc2c(C)nn(C)c2C)c1. The lowest BCUT2D eigenvalue weighted by Crippen LogP contribution is -2.28. The van der Waals surface area contributed by atoms with E-state index in [1.807, 2.05) is 46.0 Å². The lowest BCUT2D eigenvalue weighted by Gasteiger charge is -2.10. The van der Waals surface area contributed by atoms with E-state index in [1.54, 1.807) is 16.8 Å². The van der Waals surface area contributed by atoms with E-state index in [-0.39, 0.29) is 12.2 Å². The van der Waals surface area contributed by atoms with Gasteiger partial charge in [-0.2, -0.15) is 10.4 Å². The highest BCUT2D eigenvalue weighted by atomic mass is 16.2. The van der Waals surface area contributed by atoms with Crippen molar-refractivity contribution in [1.29, 1.82) is 5.26 Å². The minimum absolute atomic E-state index is 0.132. The molecule has 0 spiro atoms. The molecule has 6 nitrogen and oxygen atoms in total. The minimum atomic E-state index is -1.31. The number of benzene rings is 1. The van der Waals surface area contributed by atoms with Gasteiger partial charge in [0.1, 0.15) is 0 Å². The van der Waals surface area contributed by atoms with E-state index in [9.17, 15) is 14.9 Å². The Morgan fingerprint density at radius 3 is 2.60 bits per heavy atom. The number of aryl methyl sites for hydroxylation is 3. The predicted octanol–water partition coefficient (Wildman–Crippen LogP) is 2.63. The van der Waals surface area contributed by atoms with Crippen LogP contribution in [0.1, 0.15) is 28.9 Å². The van der Waals surface area contributed by atoms with Crippen LogP contribution in [0.5, 0.6) is 0 Å². The van der Waals surface area contributed by atoms with E-state index in [0.29, 0.717) is 12.1 Å². The second-order valence-electron chi connectivity index (χ2n) is 6.16. The predicted molar refractivity (Wildman–Crippen MR) is 94.9 cm³/mol. The number of nitrogens with zero attached hydrogens (tertiary/aromatic N) is 3. The quantitative estimate of drug-likeness (QED) is 0.820. The molecule has 1 amide bonds. The molecule has 2 rings (SSSR count). The molecule has 0 unspecified atom stereocenters. The third-order valence-electron chi connectivity index (χ3n) is 4.28. The van der Waals surface area contributed by atoms with Gasteiger partial charge < -0.3 is 5.32 Å². The lowest BCUT2D eigenvalue weighted by atomic mass is 9.97. The monoisotopic (exact) mass is 338 g/mol. The molecule has 6 heteroatoms. The number of anilines is 1. The Hall–Kier alpha value is -2.94. The van der Waals surface area contributed by atoms with Crippen molar-refractivity contribution in [2.24, 2.45) is 13.0 Å². The van der Waals surface area contributed by atoms with E-state index < -0.39 is 11.8 Å². The number of aromatic nitrogens is 2. The Morgan fingerprint density at radius 2 is 2.04 bits per heavy atom. The molecule has 1 aromatic heterocycles. The van der Waals surface area contributed by atoms with Crippen molar-refractivity contribution >= 4 is 17.4 Å². The summed E-state index contributed by atoms with van der Waals surface area (Å²) >= 11 is 0. The van der Waals surface area contributed by atoms with Gasteiger partial charge in [0.15, 0.2) is 11.7 Å². The molecule has 0 saturated heterocycles. The lowest BCUT2D eigenvalue weighted by molar-refractivity contribution is -0.128. The molecule has 0 radical (unpaired) electrons. The van der Waals surface area contributed by atoms with E-state index >= 15 is 0 Å². The molecule has 1 heterocycles. The summed E-state index contributed by atoms with van der Waals surface area (Å²) in [5, 5.41) is 16.2. The first-order chi connectivity index (χ1) is 11.8. The number of nitrogens with one attached hydrogen (secondary N) is 1. The van der Waals surface area contributed by atoms with Crippen LogP contribution in [0.15, 0.2) is 24.3 Å². The standard InChI is InChI=1S/C19H22N4O2/c1-12-6-5-7-15(10-12)21-19(25)17(11-20)18(24)9-8-16-13(2)22-23(4)14(16)3/h5-7,10,17H,8-9H2,1-4H3,(H,21,25)/t17-/m1/s1. The fourth-order valence-corrected chi connectivity index (χ4v) is 2.79. The first-order valence-electron chi connectivity index (χ1n) is 8.12. The zero-order valence-electron chi connectivity index (χ0n) is 15.0. The maximum Gasteiger partial charge on any atom is 0.249 e. The molecular weight excluding hydrogens is 316 g/mol.